The molecule has 0 aliphatic rings. The number of nitrogens with zero attached hydrogens (tertiary/aromatic N) is 2. The molecule has 1 aromatic heterocycles. The van der Waals surface area contributed by atoms with Gasteiger partial charge in [0.2, 0.25) is 0 Å². The van der Waals surface area contributed by atoms with Crippen molar-refractivity contribution in [1.82, 2.24) is 4.57 Å². The van der Waals surface area contributed by atoms with Gasteiger partial charge in [0.1, 0.15) is 18.4 Å². The molecule has 0 fully saturated rings. The van der Waals surface area contributed by atoms with Crippen molar-refractivity contribution in [2.75, 3.05) is 0 Å². The van der Waals surface area contributed by atoms with Crippen LogP contribution >= 0.6 is 40.2 Å². The lowest BCUT2D eigenvalue weighted by molar-refractivity contribution is -0.702. The van der Waals surface area contributed by atoms with Crippen LogP contribution in [-0.4, -0.2) is 4.57 Å². The lowest BCUT2D eigenvalue weighted by Gasteiger charge is -2.14. The van der Waals surface area contributed by atoms with Crippen LogP contribution in [0.1, 0.15) is 121 Å². The van der Waals surface area contributed by atoms with E-state index in [9.17, 15) is 0 Å². The SMILES string of the molecule is Br.CCCCCCCCCCCCCCCC[n+]1ccn([C@@H](C)c2c(Cl)cccc2Cl)c1C. The van der Waals surface area contributed by atoms with E-state index in [-0.39, 0.29) is 23.0 Å². The van der Waals surface area contributed by atoms with Gasteiger partial charge in [-0.15, -0.1) is 17.0 Å². The number of unbranched alkanes of at least 4 members (excludes halogenated alkanes) is 13. The molecule has 0 radical (unpaired) electrons. The molecule has 0 N–H and O–H groups in total. The van der Waals surface area contributed by atoms with Gasteiger partial charge in [-0.1, -0.05) is 113 Å². The zero-order chi connectivity index (χ0) is 23.2. The van der Waals surface area contributed by atoms with Gasteiger partial charge in [0.15, 0.2) is 0 Å². The van der Waals surface area contributed by atoms with E-state index < -0.39 is 0 Å². The maximum absolute atomic E-state index is 6.43. The average Bonchev–Trinajstić information content (AvgIpc) is 3.14. The number of hydrogen-bond donors (Lipinski definition) is 0. The van der Waals surface area contributed by atoms with Crippen molar-refractivity contribution >= 4 is 40.2 Å². The highest BCUT2D eigenvalue weighted by Crippen LogP contribution is 2.32. The second-order valence-electron chi connectivity index (χ2n) is 9.35. The summed E-state index contributed by atoms with van der Waals surface area (Å²) in [5.74, 6) is 1.25. The fourth-order valence-corrected chi connectivity index (χ4v) is 5.40. The van der Waals surface area contributed by atoms with Crippen molar-refractivity contribution in [2.24, 2.45) is 0 Å². The highest BCUT2D eigenvalue weighted by molar-refractivity contribution is 8.93. The van der Waals surface area contributed by atoms with E-state index in [0.717, 1.165) is 22.2 Å². The normalized spacial score (nSPS) is 12.0. The van der Waals surface area contributed by atoms with Crippen molar-refractivity contribution in [3.05, 3.63) is 52.0 Å². The summed E-state index contributed by atoms with van der Waals surface area (Å²) in [6.07, 6.45) is 23.9. The first-order valence-corrected chi connectivity index (χ1v) is 13.8. The van der Waals surface area contributed by atoms with Crippen LogP contribution in [-0.2, 0) is 6.54 Å². The Morgan fingerprint density at radius 2 is 1.24 bits per heavy atom. The molecule has 0 aliphatic carbocycles. The summed E-state index contributed by atoms with van der Waals surface area (Å²) < 4.78 is 4.64. The predicted molar refractivity (Wildman–Crippen MR) is 150 cm³/mol. The van der Waals surface area contributed by atoms with Gasteiger partial charge < -0.3 is 0 Å². The van der Waals surface area contributed by atoms with Gasteiger partial charge >= 0.3 is 0 Å². The number of aryl methyl sites for hydroxylation is 1. The Bertz CT molecular complexity index is 755. The molecule has 1 aromatic carbocycles. The van der Waals surface area contributed by atoms with E-state index in [2.05, 4.69) is 42.3 Å². The second-order valence-corrected chi connectivity index (χ2v) is 10.2. The van der Waals surface area contributed by atoms with Crippen LogP contribution in [0.4, 0.5) is 0 Å². The van der Waals surface area contributed by atoms with Crippen molar-refractivity contribution in [3.8, 4) is 0 Å². The number of imidazole rings is 1. The average molecular weight is 562 g/mol. The van der Waals surface area contributed by atoms with E-state index in [1.54, 1.807) is 0 Å². The summed E-state index contributed by atoms with van der Waals surface area (Å²) in [4.78, 5) is 0. The van der Waals surface area contributed by atoms with E-state index in [0.29, 0.717) is 0 Å². The Balaban J connectivity index is 0.00000544. The molecule has 0 unspecified atom stereocenters. The maximum atomic E-state index is 6.43. The molecule has 0 bridgehead atoms. The first-order chi connectivity index (χ1) is 15.6. The van der Waals surface area contributed by atoms with Gasteiger partial charge in [0, 0.05) is 22.5 Å². The minimum absolute atomic E-state index is 0. The summed E-state index contributed by atoms with van der Waals surface area (Å²) in [7, 11) is 0. The number of rotatable bonds is 17. The molecule has 0 saturated heterocycles. The second kappa shape index (κ2) is 17.9. The first kappa shape index (κ1) is 30.5. The Morgan fingerprint density at radius 1 is 0.788 bits per heavy atom. The highest BCUT2D eigenvalue weighted by atomic mass is 79.9. The topological polar surface area (TPSA) is 8.81 Å². The van der Waals surface area contributed by atoms with Gasteiger partial charge in [-0.3, -0.25) is 0 Å². The molecular formula is C28H46BrCl2N2+. The van der Waals surface area contributed by atoms with Crippen LogP contribution in [0, 0.1) is 6.92 Å². The first-order valence-electron chi connectivity index (χ1n) is 13.1. The van der Waals surface area contributed by atoms with Crippen molar-refractivity contribution < 1.29 is 4.57 Å². The number of aromatic nitrogens is 2. The van der Waals surface area contributed by atoms with Crippen molar-refractivity contribution in [3.63, 3.8) is 0 Å². The lowest BCUT2D eigenvalue weighted by atomic mass is 10.0. The number of benzene rings is 1. The molecule has 5 heteroatoms. The standard InChI is InChI=1S/C28H45Cl2N2.BrH/c1-4-5-6-7-8-9-10-11-12-13-14-15-16-17-21-31-22-23-32(25(31)3)24(2)28-26(29)19-18-20-27(28)30;/h18-20,22-24H,4-17,21H2,1-3H3;1H/q+1;/t24-;/m0./s1. The molecule has 0 spiro atoms. The monoisotopic (exact) mass is 559 g/mol. The lowest BCUT2D eigenvalue weighted by Crippen LogP contribution is -2.35. The summed E-state index contributed by atoms with van der Waals surface area (Å²) in [5.41, 5.74) is 0.998. The summed E-state index contributed by atoms with van der Waals surface area (Å²) in [6.45, 7) is 7.72. The smallest absolute Gasteiger partial charge is 0.234 e. The van der Waals surface area contributed by atoms with Gasteiger partial charge in [0.05, 0.1) is 6.54 Å². The Kier molecular flexibility index (Phi) is 16.5. The van der Waals surface area contributed by atoms with Gasteiger partial charge in [-0.2, -0.15) is 0 Å². The molecule has 188 valence electrons. The largest absolute Gasteiger partial charge is 0.253 e. The fraction of sp³-hybridized carbons (Fsp3) is 0.679. The van der Waals surface area contributed by atoms with Gasteiger partial charge in [-0.25, -0.2) is 9.13 Å². The molecular weight excluding hydrogens is 515 g/mol. The molecule has 1 heterocycles. The van der Waals surface area contributed by atoms with E-state index in [1.807, 2.05) is 18.2 Å². The van der Waals surface area contributed by atoms with Crippen LogP contribution in [0.5, 0.6) is 0 Å². The third kappa shape index (κ3) is 10.7. The third-order valence-corrected chi connectivity index (χ3v) is 7.44. The van der Waals surface area contributed by atoms with Crippen LogP contribution < -0.4 is 4.57 Å². The fourth-order valence-electron chi connectivity index (χ4n) is 4.69. The maximum Gasteiger partial charge on any atom is 0.253 e. The van der Waals surface area contributed by atoms with Crippen molar-refractivity contribution in [2.45, 2.75) is 123 Å². The molecule has 0 amide bonds. The Morgan fingerprint density at radius 3 is 1.73 bits per heavy atom. The zero-order valence-electron chi connectivity index (χ0n) is 21.1. The Hall–Kier alpha value is -0.510. The number of halogens is 3. The summed E-state index contributed by atoms with van der Waals surface area (Å²) >= 11 is 12.9. The molecule has 0 saturated carbocycles. The van der Waals surface area contributed by atoms with E-state index in [1.165, 1.54) is 95.7 Å². The molecule has 0 aliphatic heterocycles. The minimum atomic E-state index is 0. The molecule has 1 atom stereocenters. The molecule has 2 nitrogen and oxygen atoms in total. The van der Waals surface area contributed by atoms with Crippen LogP contribution in [0.2, 0.25) is 10.0 Å². The molecule has 33 heavy (non-hydrogen) atoms. The van der Waals surface area contributed by atoms with Gasteiger partial charge in [0.25, 0.3) is 5.82 Å². The minimum Gasteiger partial charge on any atom is -0.234 e. The quantitative estimate of drug-likeness (QED) is 0.134. The third-order valence-electron chi connectivity index (χ3n) is 6.78. The zero-order valence-corrected chi connectivity index (χ0v) is 24.4. The summed E-state index contributed by atoms with van der Waals surface area (Å²) in [6, 6.07) is 5.86. The van der Waals surface area contributed by atoms with E-state index >= 15 is 0 Å². The highest BCUT2D eigenvalue weighted by Gasteiger charge is 2.23. The van der Waals surface area contributed by atoms with Crippen LogP contribution in [0.25, 0.3) is 0 Å². The molecule has 2 rings (SSSR count). The van der Waals surface area contributed by atoms with E-state index in [4.69, 9.17) is 23.2 Å². The van der Waals surface area contributed by atoms with Crippen LogP contribution in [0.3, 0.4) is 0 Å². The number of hydrogen-bond acceptors (Lipinski definition) is 0. The van der Waals surface area contributed by atoms with Gasteiger partial charge in [-0.05, 0) is 31.9 Å². The van der Waals surface area contributed by atoms with Crippen molar-refractivity contribution in [1.29, 1.82) is 0 Å². The predicted octanol–water partition coefficient (Wildman–Crippen LogP) is 10.1. The molecule has 2 aromatic rings. The summed E-state index contributed by atoms with van der Waals surface area (Å²) in [5, 5.41) is 1.47. The Labute approximate surface area is 223 Å². The van der Waals surface area contributed by atoms with Crippen LogP contribution in [0.15, 0.2) is 30.6 Å².